The number of aliphatic hydroxyl groups excluding tert-OH is 1. The minimum atomic E-state index is -0.567. The van der Waals surface area contributed by atoms with Crippen molar-refractivity contribution < 1.29 is 10.2 Å². The van der Waals surface area contributed by atoms with E-state index in [1.165, 1.54) is 0 Å². The second-order valence-corrected chi connectivity index (χ2v) is 4.61. The molecule has 2 unspecified atom stereocenters. The molecular weight excluding hydrogens is 152 g/mol. The summed E-state index contributed by atoms with van der Waals surface area (Å²) in [4.78, 5) is 0. The monoisotopic (exact) mass is 172 g/mol. The van der Waals surface area contributed by atoms with E-state index in [4.69, 9.17) is 0 Å². The molecule has 2 nitrogen and oxygen atoms in total. The van der Waals surface area contributed by atoms with Gasteiger partial charge in [0, 0.05) is 0 Å². The third-order valence-electron chi connectivity index (χ3n) is 2.75. The molecule has 2 atom stereocenters. The standard InChI is InChI=1S/C10H20O2/c1-10(2,12)7-6-8-4-3-5-9(8)11/h8-9,11-12H,3-7H2,1-2H3. The lowest BCUT2D eigenvalue weighted by molar-refractivity contribution is 0.0514. The zero-order valence-electron chi connectivity index (χ0n) is 8.08. The molecule has 1 saturated carbocycles. The van der Waals surface area contributed by atoms with E-state index in [0.717, 1.165) is 32.1 Å². The van der Waals surface area contributed by atoms with Gasteiger partial charge in [-0.1, -0.05) is 6.42 Å². The van der Waals surface area contributed by atoms with Crippen LogP contribution in [0.1, 0.15) is 46.0 Å². The summed E-state index contributed by atoms with van der Waals surface area (Å²) >= 11 is 0. The topological polar surface area (TPSA) is 40.5 Å². The predicted molar refractivity (Wildman–Crippen MR) is 48.9 cm³/mol. The summed E-state index contributed by atoms with van der Waals surface area (Å²) in [7, 11) is 0. The van der Waals surface area contributed by atoms with Crippen LogP contribution in [0.3, 0.4) is 0 Å². The molecule has 12 heavy (non-hydrogen) atoms. The van der Waals surface area contributed by atoms with Crippen molar-refractivity contribution in [2.45, 2.75) is 57.7 Å². The minimum absolute atomic E-state index is 0.104. The highest BCUT2D eigenvalue weighted by Gasteiger charge is 2.26. The number of hydrogen-bond donors (Lipinski definition) is 2. The largest absolute Gasteiger partial charge is 0.393 e. The summed E-state index contributed by atoms with van der Waals surface area (Å²) in [6, 6.07) is 0. The van der Waals surface area contributed by atoms with Gasteiger partial charge in [0.2, 0.25) is 0 Å². The van der Waals surface area contributed by atoms with Crippen molar-refractivity contribution in [3.63, 3.8) is 0 Å². The molecule has 1 rings (SSSR count). The van der Waals surface area contributed by atoms with E-state index in [-0.39, 0.29) is 6.10 Å². The first-order valence-electron chi connectivity index (χ1n) is 4.89. The molecule has 0 aromatic carbocycles. The van der Waals surface area contributed by atoms with E-state index in [0.29, 0.717) is 5.92 Å². The molecule has 0 aliphatic heterocycles. The summed E-state index contributed by atoms with van der Waals surface area (Å²) in [6.45, 7) is 3.66. The highest BCUT2D eigenvalue weighted by Crippen LogP contribution is 2.30. The first-order valence-corrected chi connectivity index (χ1v) is 4.89. The van der Waals surface area contributed by atoms with Crippen LogP contribution in [0, 0.1) is 5.92 Å². The van der Waals surface area contributed by atoms with Gasteiger partial charge >= 0.3 is 0 Å². The van der Waals surface area contributed by atoms with Gasteiger partial charge in [0.05, 0.1) is 11.7 Å². The quantitative estimate of drug-likeness (QED) is 0.680. The van der Waals surface area contributed by atoms with Crippen LogP contribution in [0.2, 0.25) is 0 Å². The van der Waals surface area contributed by atoms with Crippen LogP contribution in [0.4, 0.5) is 0 Å². The Morgan fingerprint density at radius 1 is 1.33 bits per heavy atom. The van der Waals surface area contributed by atoms with Gasteiger partial charge in [0.15, 0.2) is 0 Å². The van der Waals surface area contributed by atoms with Crippen LogP contribution >= 0.6 is 0 Å². The van der Waals surface area contributed by atoms with E-state index in [1.54, 1.807) is 0 Å². The summed E-state index contributed by atoms with van der Waals surface area (Å²) in [5.41, 5.74) is -0.567. The number of aliphatic hydroxyl groups is 2. The highest BCUT2D eigenvalue weighted by molar-refractivity contribution is 4.78. The Hall–Kier alpha value is -0.0800. The van der Waals surface area contributed by atoms with Crippen molar-refractivity contribution in [2.75, 3.05) is 0 Å². The van der Waals surface area contributed by atoms with E-state index in [9.17, 15) is 10.2 Å². The molecule has 0 heterocycles. The maximum atomic E-state index is 9.50. The minimum Gasteiger partial charge on any atom is -0.393 e. The second-order valence-electron chi connectivity index (χ2n) is 4.61. The van der Waals surface area contributed by atoms with Crippen LogP contribution in [0.15, 0.2) is 0 Å². The molecule has 2 N–H and O–H groups in total. The van der Waals surface area contributed by atoms with Crippen molar-refractivity contribution >= 4 is 0 Å². The van der Waals surface area contributed by atoms with Crippen molar-refractivity contribution in [1.29, 1.82) is 0 Å². The van der Waals surface area contributed by atoms with Gasteiger partial charge in [-0.2, -0.15) is 0 Å². The van der Waals surface area contributed by atoms with E-state index in [2.05, 4.69) is 0 Å². The van der Waals surface area contributed by atoms with Gasteiger partial charge in [-0.3, -0.25) is 0 Å². The SMILES string of the molecule is CC(C)(O)CCC1CCCC1O. The van der Waals surface area contributed by atoms with Crippen LogP contribution < -0.4 is 0 Å². The first-order chi connectivity index (χ1) is 5.49. The molecule has 0 radical (unpaired) electrons. The molecule has 0 aromatic rings. The van der Waals surface area contributed by atoms with E-state index in [1.807, 2.05) is 13.8 Å². The van der Waals surface area contributed by atoms with Crippen molar-refractivity contribution in [3.05, 3.63) is 0 Å². The first kappa shape index (κ1) is 10.0. The fourth-order valence-electron chi connectivity index (χ4n) is 1.89. The zero-order valence-corrected chi connectivity index (χ0v) is 8.08. The van der Waals surface area contributed by atoms with Crippen LogP contribution in [0.25, 0.3) is 0 Å². The third kappa shape index (κ3) is 3.11. The van der Waals surface area contributed by atoms with Gasteiger partial charge in [0.25, 0.3) is 0 Å². The Labute approximate surface area is 74.6 Å². The molecule has 1 aliphatic rings. The fourth-order valence-corrected chi connectivity index (χ4v) is 1.89. The number of hydrogen-bond acceptors (Lipinski definition) is 2. The molecule has 1 fully saturated rings. The smallest absolute Gasteiger partial charge is 0.0591 e. The fraction of sp³-hybridized carbons (Fsp3) is 1.00. The van der Waals surface area contributed by atoms with E-state index < -0.39 is 5.60 Å². The zero-order chi connectivity index (χ0) is 9.19. The third-order valence-corrected chi connectivity index (χ3v) is 2.75. The molecule has 0 amide bonds. The van der Waals surface area contributed by atoms with E-state index >= 15 is 0 Å². The van der Waals surface area contributed by atoms with Gasteiger partial charge in [-0.05, 0) is 45.4 Å². The normalized spacial score (nSPS) is 31.0. The lowest BCUT2D eigenvalue weighted by Crippen LogP contribution is -2.22. The Morgan fingerprint density at radius 3 is 2.42 bits per heavy atom. The molecule has 0 aromatic heterocycles. The Morgan fingerprint density at radius 2 is 2.00 bits per heavy atom. The van der Waals surface area contributed by atoms with Gasteiger partial charge in [-0.25, -0.2) is 0 Å². The van der Waals surface area contributed by atoms with Gasteiger partial charge in [-0.15, -0.1) is 0 Å². The lowest BCUT2D eigenvalue weighted by Gasteiger charge is -2.21. The van der Waals surface area contributed by atoms with Crippen LogP contribution in [0.5, 0.6) is 0 Å². The molecule has 2 heteroatoms. The second kappa shape index (κ2) is 3.75. The summed E-state index contributed by atoms with van der Waals surface area (Å²) < 4.78 is 0. The van der Waals surface area contributed by atoms with Gasteiger partial charge < -0.3 is 10.2 Å². The summed E-state index contributed by atoms with van der Waals surface area (Å²) in [5.74, 6) is 0.441. The maximum absolute atomic E-state index is 9.50. The van der Waals surface area contributed by atoms with Crippen LogP contribution in [-0.4, -0.2) is 21.9 Å². The molecule has 0 saturated heterocycles. The molecule has 1 aliphatic carbocycles. The maximum Gasteiger partial charge on any atom is 0.0591 e. The summed E-state index contributed by atoms with van der Waals surface area (Å²) in [5, 5.41) is 19.0. The lowest BCUT2D eigenvalue weighted by atomic mass is 9.93. The van der Waals surface area contributed by atoms with Crippen molar-refractivity contribution in [2.24, 2.45) is 5.92 Å². The average molecular weight is 172 g/mol. The molecule has 72 valence electrons. The predicted octanol–water partition coefficient (Wildman–Crippen LogP) is 1.70. The average Bonchev–Trinajstić information content (AvgIpc) is 2.29. The number of rotatable bonds is 3. The van der Waals surface area contributed by atoms with Crippen LogP contribution in [-0.2, 0) is 0 Å². The highest BCUT2D eigenvalue weighted by atomic mass is 16.3. The summed E-state index contributed by atoms with van der Waals surface area (Å²) in [6.07, 6.45) is 4.90. The Kier molecular flexibility index (Phi) is 3.13. The molecule has 0 bridgehead atoms. The van der Waals surface area contributed by atoms with Crippen molar-refractivity contribution in [3.8, 4) is 0 Å². The Bertz CT molecular complexity index is 137. The Balaban J connectivity index is 2.23. The van der Waals surface area contributed by atoms with Crippen molar-refractivity contribution in [1.82, 2.24) is 0 Å². The molecular formula is C10H20O2. The molecule has 0 spiro atoms. The van der Waals surface area contributed by atoms with Gasteiger partial charge in [0.1, 0.15) is 0 Å².